The zero-order valence-electron chi connectivity index (χ0n) is 8.90. The molecule has 0 aromatic heterocycles. The molecule has 2 bridgehead atoms. The minimum absolute atomic E-state index is 0.0410. The number of aliphatic hydroxyl groups excluding tert-OH is 1. The maximum Gasteiger partial charge on any atom is 0.315 e. The fourth-order valence-corrected chi connectivity index (χ4v) is 2.27. The molecule has 5 heteroatoms. The normalized spacial score (nSPS) is 35.2. The molecule has 86 valence electrons. The van der Waals surface area contributed by atoms with E-state index in [-0.39, 0.29) is 30.8 Å². The van der Waals surface area contributed by atoms with Gasteiger partial charge in [0.05, 0.1) is 30.9 Å². The van der Waals surface area contributed by atoms with Crippen molar-refractivity contribution in [2.45, 2.75) is 50.5 Å². The maximum absolute atomic E-state index is 11.5. The summed E-state index contributed by atoms with van der Waals surface area (Å²) in [5, 5.41) is 14.3. The summed E-state index contributed by atoms with van der Waals surface area (Å²) in [4.78, 5) is 11.5. The zero-order chi connectivity index (χ0) is 10.8. The molecule has 0 spiro atoms. The van der Waals surface area contributed by atoms with Gasteiger partial charge < -0.3 is 20.5 Å². The number of carbonyl (C=O) groups is 1. The van der Waals surface area contributed by atoms with Crippen molar-refractivity contribution in [1.29, 1.82) is 0 Å². The van der Waals surface area contributed by atoms with Crippen molar-refractivity contribution in [2.24, 2.45) is 0 Å². The van der Waals surface area contributed by atoms with Gasteiger partial charge in [-0.2, -0.15) is 0 Å². The largest absolute Gasteiger partial charge is 0.394 e. The Morgan fingerprint density at radius 2 is 2.40 bits per heavy atom. The quantitative estimate of drug-likeness (QED) is 0.618. The van der Waals surface area contributed by atoms with Crippen LogP contribution in [0.2, 0.25) is 0 Å². The molecule has 0 aromatic carbocycles. The minimum Gasteiger partial charge on any atom is -0.394 e. The molecule has 0 saturated carbocycles. The van der Waals surface area contributed by atoms with E-state index >= 15 is 0 Å². The van der Waals surface area contributed by atoms with E-state index in [0.717, 1.165) is 19.3 Å². The van der Waals surface area contributed by atoms with Gasteiger partial charge in [-0.25, -0.2) is 4.79 Å². The Labute approximate surface area is 89.2 Å². The van der Waals surface area contributed by atoms with E-state index in [9.17, 15) is 4.79 Å². The molecular formula is C10H18N2O3. The van der Waals surface area contributed by atoms with Crippen LogP contribution in [0.5, 0.6) is 0 Å². The van der Waals surface area contributed by atoms with Gasteiger partial charge in [0.15, 0.2) is 0 Å². The Balaban J connectivity index is 1.75. The van der Waals surface area contributed by atoms with Crippen LogP contribution in [0.3, 0.4) is 0 Å². The SMILES string of the molecule is CC(CO)NC(=O)NC1CC2CCC1O2. The minimum atomic E-state index is -0.210. The third kappa shape index (κ3) is 2.41. The van der Waals surface area contributed by atoms with Crippen molar-refractivity contribution in [1.82, 2.24) is 10.6 Å². The van der Waals surface area contributed by atoms with E-state index in [4.69, 9.17) is 9.84 Å². The molecule has 0 radical (unpaired) electrons. The van der Waals surface area contributed by atoms with Crippen LogP contribution in [0.1, 0.15) is 26.2 Å². The Bertz CT molecular complexity index is 247. The number of hydrogen-bond donors (Lipinski definition) is 3. The van der Waals surface area contributed by atoms with E-state index in [2.05, 4.69) is 10.6 Å². The van der Waals surface area contributed by atoms with Gasteiger partial charge in [0, 0.05) is 0 Å². The van der Waals surface area contributed by atoms with Crippen molar-refractivity contribution in [3.8, 4) is 0 Å². The van der Waals surface area contributed by atoms with Crippen molar-refractivity contribution in [3.05, 3.63) is 0 Å². The molecule has 2 fully saturated rings. The summed E-state index contributed by atoms with van der Waals surface area (Å²) in [6.45, 7) is 1.72. The van der Waals surface area contributed by atoms with E-state index in [0.29, 0.717) is 6.10 Å². The number of amides is 2. The molecule has 3 N–H and O–H groups in total. The van der Waals surface area contributed by atoms with Crippen LogP contribution in [-0.2, 0) is 4.74 Å². The molecule has 15 heavy (non-hydrogen) atoms. The van der Waals surface area contributed by atoms with Crippen LogP contribution >= 0.6 is 0 Å². The number of ether oxygens (including phenoxy) is 1. The summed E-state index contributed by atoms with van der Waals surface area (Å²) < 4.78 is 5.63. The number of rotatable bonds is 3. The van der Waals surface area contributed by atoms with E-state index in [1.807, 2.05) is 0 Å². The number of urea groups is 1. The van der Waals surface area contributed by atoms with Crippen molar-refractivity contribution >= 4 is 6.03 Å². The molecule has 4 atom stereocenters. The first-order valence-corrected chi connectivity index (χ1v) is 5.52. The van der Waals surface area contributed by atoms with Crippen molar-refractivity contribution in [2.75, 3.05) is 6.61 Å². The Kier molecular flexibility index (Phi) is 3.11. The van der Waals surface area contributed by atoms with Crippen LogP contribution in [-0.4, -0.2) is 42.0 Å². The van der Waals surface area contributed by atoms with Gasteiger partial charge in [0.25, 0.3) is 0 Å². The number of nitrogens with one attached hydrogen (secondary N) is 2. The average Bonchev–Trinajstić information content (AvgIpc) is 2.78. The summed E-state index contributed by atoms with van der Waals surface area (Å²) in [5.41, 5.74) is 0. The second-order valence-corrected chi connectivity index (χ2v) is 4.42. The molecule has 2 rings (SSSR count). The fourth-order valence-electron chi connectivity index (χ4n) is 2.27. The predicted molar refractivity (Wildman–Crippen MR) is 54.5 cm³/mol. The lowest BCUT2D eigenvalue weighted by Gasteiger charge is -2.21. The smallest absolute Gasteiger partial charge is 0.315 e. The van der Waals surface area contributed by atoms with Gasteiger partial charge in [-0.3, -0.25) is 0 Å². The van der Waals surface area contributed by atoms with Crippen molar-refractivity contribution in [3.63, 3.8) is 0 Å². The second kappa shape index (κ2) is 4.37. The molecule has 2 aliphatic rings. The predicted octanol–water partition coefficient (Wildman–Crippen LogP) is -0.0137. The van der Waals surface area contributed by atoms with Crippen LogP contribution in [0, 0.1) is 0 Å². The van der Waals surface area contributed by atoms with E-state index < -0.39 is 0 Å². The summed E-state index contributed by atoms with van der Waals surface area (Å²) in [7, 11) is 0. The van der Waals surface area contributed by atoms with Crippen molar-refractivity contribution < 1.29 is 14.6 Å². The summed E-state index contributed by atoms with van der Waals surface area (Å²) >= 11 is 0. The van der Waals surface area contributed by atoms with Gasteiger partial charge in [-0.05, 0) is 26.2 Å². The monoisotopic (exact) mass is 214 g/mol. The first-order chi connectivity index (χ1) is 7.19. The molecule has 0 aliphatic carbocycles. The van der Waals surface area contributed by atoms with Crippen LogP contribution < -0.4 is 10.6 Å². The summed E-state index contributed by atoms with van der Waals surface area (Å²) in [6, 6.07) is -0.267. The van der Waals surface area contributed by atoms with Crippen LogP contribution in [0.4, 0.5) is 4.79 Å². The van der Waals surface area contributed by atoms with Gasteiger partial charge >= 0.3 is 6.03 Å². The maximum atomic E-state index is 11.5. The lowest BCUT2D eigenvalue weighted by Crippen LogP contribution is -2.49. The standard InChI is InChI=1S/C10H18N2O3/c1-6(5-13)11-10(14)12-8-4-7-2-3-9(8)15-7/h6-9,13H,2-5H2,1H3,(H2,11,12,14). The number of fused-ring (bicyclic) bond motifs is 2. The molecular weight excluding hydrogens is 196 g/mol. The highest BCUT2D eigenvalue weighted by Gasteiger charge is 2.41. The fraction of sp³-hybridized carbons (Fsp3) is 0.900. The van der Waals surface area contributed by atoms with E-state index in [1.54, 1.807) is 6.92 Å². The molecule has 5 nitrogen and oxygen atoms in total. The van der Waals surface area contributed by atoms with E-state index in [1.165, 1.54) is 0 Å². The summed E-state index contributed by atoms with van der Waals surface area (Å²) in [5.74, 6) is 0. The van der Waals surface area contributed by atoms with Gasteiger partial charge in [-0.1, -0.05) is 0 Å². The molecule has 2 saturated heterocycles. The number of carbonyl (C=O) groups excluding carboxylic acids is 1. The number of aliphatic hydroxyl groups is 1. The summed E-state index contributed by atoms with van der Waals surface area (Å²) in [6.07, 6.45) is 3.63. The molecule has 2 amide bonds. The Morgan fingerprint density at radius 3 is 2.93 bits per heavy atom. The molecule has 4 unspecified atom stereocenters. The van der Waals surface area contributed by atoms with Gasteiger partial charge in [0.2, 0.25) is 0 Å². The highest BCUT2D eigenvalue weighted by molar-refractivity contribution is 5.74. The third-order valence-corrected chi connectivity index (χ3v) is 3.07. The van der Waals surface area contributed by atoms with Gasteiger partial charge in [0.1, 0.15) is 0 Å². The first-order valence-electron chi connectivity index (χ1n) is 5.52. The zero-order valence-corrected chi connectivity index (χ0v) is 8.90. The van der Waals surface area contributed by atoms with Crippen LogP contribution in [0.15, 0.2) is 0 Å². The topological polar surface area (TPSA) is 70.6 Å². The highest BCUT2D eigenvalue weighted by Crippen LogP contribution is 2.34. The third-order valence-electron chi connectivity index (χ3n) is 3.07. The Morgan fingerprint density at radius 1 is 1.60 bits per heavy atom. The van der Waals surface area contributed by atoms with Crippen LogP contribution in [0.25, 0.3) is 0 Å². The lowest BCUT2D eigenvalue weighted by molar-refractivity contribution is 0.0979. The van der Waals surface area contributed by atoms with Gasteiger partial charge in [-0.15, -0.1) is 0 Å². The Hall–Kier alpha value is -0.810. The lowest BCUT2D eigenvalue weighted by atomic mass is 9.96. The molecule has 2 heterocycles. The highest BCUT2D eigenvalue weighted by atomic mass is 16.5. The second-order valence-electron chi connectivity index (χ2n) is 4.42. The molecule has 2 aliphatic heterocycles. The average molecular weight is 214 g/mol. The molecule has 0 aromatic rings. The number of hydrogen-bond acceptors (Lipinski definition) is 3. The first kappa shape index (κ1) is 10.7.